The SMILES string of the molecule is CCNC(COCC)Cc1c(F)ccc(Br)c1F. The van der Waals surface area contributed by atoms with Crippen LogP contribution in [0.4, 0.5) is 8.78 Å². The fourth-order valence-corrected chi connectivity index (χ4v) is 2.11. The molecule has 5 heteroatoms. The van der Waals surface area contributed by atoms with E-state index in [1.807, 2.05) is 13.8 Å². The first kappa shape index (κ1) is 15.5. The Bertz CT molecular complexity index is 387. The highest BCUT2D eigenvalue weighted by molar-refractivity contribution is 9.10. The number of halogens is 3. The lowest BCUT2D eigenvalue weighted by Crippen LogP contribution is -2.36. The van der Waals surface area contributed by atoms with Crippen LogP contribution in [0.2, 0.25) is 0 Å². The van der Waals surface area contributed by atoms with Crippen LogP contribution in [0.3, 0.4) is 0 Å². The summed E-state index contributed by atoms with van der Waals surface area (Å²) in [5.74, 6) is -1.05. The summed E-state index contributed by atoms with van der Waals surface area (Å²) in [5, 5.41) is 3.17. The first-order chi connectivity index (χ1) is 8.60. The minimum atomic E-state index is -0.533. The lowest BCUT2D eigenvalue weighted by atomic mass is 10.1. The van der Waals surface area contributed by atoms with Gasteiger partial charge in [-0.25, -0.2) is 8.78 Å². The molecule has 0 saturated heterocycles. The van der Waals surface area contributed by atoms with Gasteiger partial charge in [0.1, 0.15) is 11.6 Å². The first-order valence-corrected chi connectivity index (χ1v) is 6.82. The zero-order valence-electron chi connectivity index (χ0n) is 10.6. The summed E-state index contributed by atoms with van der Waals surface area (Å²) >= 11 is 3.07. The van der Waals surface area contributed by atoms with Crippen molar-refractivity contribution in [1.29, 1.82) is 0 Å². The summed E-state index contributed by atoms with van der Waals surface area (Å²) in [7, 11) is 0. The molecule has 1 rings (SSSR count). The molecule has 0 amide bonds. The van der Waals surface area contributed by atoms with E-state index < -0.39 is 11.6 Å². The number of ether oxygens (including phenoxy) is 1. The molecule has 0 aliphatic heterocycles. The van der Waals surface area contributed by atoms with Crippen LogP contribution in [-0.4, -0.2) is 25.8 Å². The fraction of sp³-hybridized carbons (Fsp3) is 0.538. The Hall–Kier alpha value is -0.520. The van der Waals surface area contributed by atoms with Crippen molar-refractivity contribution in [3.05, 3.63) is 33.8 Å². The number of hydrogen-bond acceptors (Lipinski definition) is 2. The third kappa shape index (κ3) is 4.30. The fourth-order valence-electron chi connectivity index (χ4n) is 1.74. The van der Waals surface area contributed by atoms with Crippen molar-refractivity contribution in [3.8, 4) is 0 Å². The molecular weight excluding hydrogens is 304 g/mol. The Kier molecular flexibility index (Phi) is 6.75. The molecule has 2 nitrogen and oxygen atoms in total. The Labute approximate surface area is 115 Å². The first-order valence-electron chi connectivity index (χ1n) is 6.03. The summed E-state index contributed by atoms with van der Waals surface area (Å²) in [4.78, 5) is 0. The third-order valence-corrected chi connectivity index (χ3v) is 3.22. The van der Waals surface area contributed by atoms with Crippen molar-refractivity contribution < 1.29 is 13.5 Å². The van der Waals surface area contributed by atoms with E-state index in [4.69, 9.17) is 4.74 Å². The molecule has 18 heavy (non-hydrogen) atoms. The molecule has 0 bridgehead atoms. The molecule has 0 saturated carbocycles. The summed E-state index contributed by atoms with van der Waals surface area (Å²) in [5.41, 5.74) is 0.0926. The Morgan fingerprint density at radius 3 is 2.67 bits per heavy atom. The van der Waals surface area contributed by atoms with Gasteiger partial charge in [0.05, 0.1) is 11.1 Å². The van der Waals surface area contributed by atoms with Gasteiger partial charge < -0.3 is 10.1 Å². The van der Waals surface area contributed by atoms with Crippen molar-refractivity contribution in [3.63, 3.8) is 0 Å². The predicted octanol–water partition coefficient (Wildman–Crippen LogP) is 3.28. The standard InChI is InChI=1S/C13H18BrF2NO/c1-3-17-9(8-18-4-2)7-10-12(15)6-5-11(14)13(10)16/h5-6,9,17H,3-4,7-8H2,1-2H3. The van der Waals surface area contributed by atoms with Gasteiger partial charge in [0.25, 0.3) is 0 Å². The minimum Gasteiger partial charge on any atom is -0.380 e. The van der Waals surface area contributed by atoms with Crippen LogP contribution in [-0.2, 0) is 11.2 Å². The zero-order valence-corrected chi connectivity index (χ0v) is 12.2. The smallest absolute Gasteiger partial charge is 0.143 e. The second-order valence-corrected chi connectivity index (χ2v) is 4.79. The number of benzene rings is 1. The van der Waals surface area contributed by atoms with E-state index in [-0.39, 0.29) is 22.5 Å². The summed E-state index contributed by atoms with van der Waals surface area (Å²) in [6.45, 7) is 5.60. The highest BCUT2D eigenvalue weighted by Crippen LogP contribution is 2.22. The average molecular weight is 322 g/mol. The molecule has 1 N–H and O–H groups in total. The average Bonchev–Trinajstić information content (AvgIpc) is 2.36. The molecule has 0 radical (unpaired) electrons. The van der Waals surface area contributed by atoms with E-state index >= 15 is 0 Å². The maximum atomic E-state index is 13.8. The van der Waals surface area contributed by atoms with Crippen LogP contribution in [0, 0.1) is 11.6 Å². The lowest BCUT2D eigenvalue weighted by Gasteiger charge is -2.18. The highest BCUT2D eigenvalue weighted by atomic mass is 79.9. The van der Waals surface area contributed by atoms with Gasteiger partial charge in [0.2, 0.25) is 0 Å². The van der Waals surface area contributed by atoms with Gasteiger partial charge in [-0.1, -0.05) is 6.92 Å². The number of likely N-dealkylation sites (N-methyl/N-ethyl adjacent to an activating group) is 1. The monoisotopic (exact) mass is 321 g/mol. The van der Waals surface area contributed by atoms with Crippen LogP contribution in [0.15, 0.2) is 16.6 Å². The quantitative estimate of drug-likeness (QED) is 0.778. The van der Waals surface area contributed by atoms with Gasteiger partial charge in [-0.3, -0.25) is 0 Å². The molecule has 1 aromatic carbocycles. The molecule has 0 aliphatic rings. The van der Waals surface area contributed by atoms with Crippen LogP contribution in [0.25, 0.3) is 0 Å². The van der Waals surface area contributed by atoms with Crippen molar-refractivity contribution >= 4 is 15.9 Å². The summed E-state index contributed by atoms with van der Waals surface area (Å²) in [6.07, 6.45) is 0.269. The number of nitrogens with one attached hydrogen (secondary N) is 1. The molecule has 102 valence electrons. The van der Waals surface area contributed by atoms with E-state index in [0.717, 1.165) is 6.54 Å². The van der Waals surface area contributed by atoms with Crippen LogP contribution >= 0.6 is 15.9 Å². The van der Waals surface area contributed by atoms with Crippen LogP contribution < -0.4 is 5.32 Å². The minimum absolute atomic E-state index is 0.0896. The van der Waals surface area contributed by atoms with Gasteiger partial charge >= 0.3 is 0 Å². The van der Waals surface area contributed by atoms with Crippen molar-refractivity contribution in [2.45, 2.75) is 26.3 Å². The molecule has 0 aromatic heterocycles. The maximum Gasteiger partial charge on any atom is 0.143 e. The highest BCUT2D eigenvalue weighted by Gasteiger charge is 2.17. The lowest BCUT2D eigenvalue weighted by molar-refractivity contribution is 0.122. The van der Waals surface area contributed by atoms with E-state index in [0.29, 0.717) is 13.2 Å². The zero-order chi connectivity index (χ0) is 13.5. The maximum absolute atomic E-state index is 13.8. The van der Waals surface area contributed by atoms with Crippen LogP contribution in [0.1, 0.15) is 19.4 Å². The topological polar surface area (TPSA) is 21.3 Å². The Balaban J connectivity index is 2.82. The van der Waals surface area contributed by atoms with E-state index in [1.54, 1.807) is 0 Å². The Morgan fingerprint density at radius 2 is 2.06 bits per heavy atom. The van der Waals surface area contributed by atoms with E-state index in [1.165, 1.54) is 12.1 Å². The molecule has 0 heterocycles. The Morgan fingerprint density at radius 1 is 1.33 bits per heavy atom. The largest absolute Gasteiger partial charge is 0.380 e. The van der Waals surface area contributed by atoms with Crippen molar-refractivity contribution in [2.24, 2.45) is 0 Å². The van der Waals surface area contributed by atoms with Crippen molar-refractivity contribution in [1.82, 2.24) is 5.32 Å². The molecular formula is C13H18BrF2NO. The molecule has 0 fully saturated rings. The predicted molar refractivity (Wildman–Crippen MR) is 71.7 cm³/mol. The molecule has 1 aromatic rings. The third-order valence-electron chi connectivity index (χ3n) is 2.61. The van der Waals surface area contributed by atoms with Gasteiger partial charge in [0.15, 0.2) is 0 Å². The van der Waals surface area contributed by atoms with Crippen LogP contribution in [0.5, 0.6) is 0 Å². The van der Waals surface area contributed by atoms with E-state index in [9.17, 15) is 8.78 Å². The van der Waals surface area contributed by atoms with E-state index in [2.05, 4.69) is 21.2 Å². The number of rotatable bonds is 7. The number of hydrogen-bond donors (Lipinski definition) is 1. The second kappa shape index (κ2) is 7.81. The molecule has 0 spiro atoms. The van der Waals surface area contributed by atoms with Gasteiger partial charge in [-0.05, 0) is 48.0 Å². The molecule has 1 unspecified atom stereocenters. The van der Waals surface area contributed by atoms with Gasteiger partial charge in [-0.2, -0.15) is 0 Å². The molecule has 1 atom stereocenters. The molecule has 0 aliphatic carbocycles. The van der Waals surface area contributed by atoms with Gasteiger partial charge in [0, 0.05) is 18.2 Å². The summed E-state index contributed by atoms with van der Waals surface area (Å²) < 4.78 is 33.0. The van der Waals surface area contributed by atoms with Crippen molar-refractivity contribution in [2.75, 3.05) is 19.8 Å². The summed E-state index contributed by atoms with van der Waals surface area (Å²) in [6, 6.07) is 2.55. The van der Waals surface area contributed by atoms with Gasteiger partial charge in [-0.15, -0.1) is 0 Å². The second-order valence-electron chi connectivity index (χ2n) is 3.94. The normalized spacial score (nSPS) is 12.7.